The number of sulfonamides is 1. The number of carbonyl (C=O) groups excluding carboxylic acids is 1. The number of rotatable bonds is 7. The van der Waals surface area contributed by atoms with E-state index in [1.807, 2.05) is 37.3 Å². The zero-order chi connectivity index (χ0) is 22.6. The molecule has 0 radical (unpaired) electrons. The quantitative estimate of drug-likeness (QED) is 0.429. The molecule has 0 aliphatic carbocycles. The largest absolute Gasteiger partial charge is 0.377 e. The summed E-state index contributed by atoms with van der Waals surface area (Å²) in [6, 6.07) is 19.0. The zero-order valence-electron chi connectivity index (χ0n) is 16.8. The lowest BCUT2D eigenvalue weighted by Crippen LogP contribution is -2.20. The Bertz CT molecular complexity index is 1200. The molecule has 0 aliphatic heterocycles. The molecule has 3 aromatic rings. The number of carbonyl (C=O) groups is 1. The molecule has 0 aliphatic rings. The van der Waals surface area contributed by atoms with Crippen LogP contribution < -0.4 is 15.4 Å². The minimum Gasteiger partial charge on any atom is -0.377 e. The lowest BCUT2D eigenvalue weighted by molar-refractivity contribution is 0.102. The molecule has 1 atom stereocenters. The van der Waals surface area contributed by atoms with Crippen molar-refractivity contribution in [1.29, 1.82) is 0 Å². The van der Waals surface area contributed by atoms with Crippen LogP contribution >= 0.6 is 23.2 Å². The maximum absolute atomic E-state index is 12.7. The monoisotopic (exact) mass is 477 g/mol. The molecule has 0 heterocycles. The minimum atomic E-state index is -3.71. The number of halogens is 2. The molecule has 0 saturated carbocycles. The highest BCUT2D eigenvalue weighted by Gasteiger charge is 2.18. The van der Waals surface area contributed by atoms with E-state index >= 15 is 0 Å². The fraction of sp³-hybridized carbons (Fsp3) is 0.136. The molecule has 1 unspecified atom stereocenters. The van der Waals surface area contributed by atoms with E-state index in [9.17, 15) is 13.2 Å². The first-order valence-electron chi connectivity index (χ1n) is 9.37. The molecule has 3 rings (SSSR count). The van der Waals surface area contributed by atoms with Crippen LogP contribution in [-0.4, -0.2) is 21.4 Å². The van der Waals surface area contributed by atoms with Crippen LogP contribution in [-0.2, 0) is 10.0 Å². The normalized spacial score (nSPS) is 12.3. The van der Waals surface area contributed by atoms with Crippen molar-refractivity contribution < 1.29 is 13.2 Å². The lowest BCUT2D eigenvalue weighted by Gasteiger charge is -2.17. The third-order valence-electron chi connectivity index (χ3n) is 4.66. The Morgan fingerprint density at radius 2 is 1.65 bits per heavy atom. The van der Waals surface area contributed by atoms with Gasteiger partial charge in [-0.25, -0.2) is 13.1 Å². The van der Waals surface area contributed by atoms with Crippen LogP contribution in [0.4, 0.5) is 11.4 Å². The summed E-state index contributed by atoms with van der Waals surface area (Å²) < 4.78 is 26.2. The van der Waals surface area contributed by atoms with Crippen LogP contribution in [0.15, 0.2) is 71.6 Å². The predicted octanol–water partition coefficient (Wildman–Crippen LogP) is 5.33. The molecule has 162 valence electrons. The summed E-state index contributed by atoms with van der Waals surface area (Å²) in [6.45, 7) is 2.02. The van der Waals surface area contributed by atoms with E-state index in [0.717, 1.165) is 11.3 Å². The smallest absolute Gasteiger partial charge is 0.257 e. The lowest BCUT2D eigenvalue weighted by atomic mass is 10.1. The molecule has 9 heteroatoms. The average molecular weight is 478 g/mol. The van der Waals surface area contributed by atoms with E-state index in [1.165, 1.54) is 25.2 Å². The first kappa shape index (κ1) is 23.1. The second kappa shape index (κ2) is 9.70. The molecule has 0 spiro atoms. The Kier molecular flexibility index (Phi) is 7.23. The SMILES string of the molecule is CNS(=O)(=O)c1ccc(Cl)c(C(=O)Nc2ccc(NC(C)c3ccccc3)c(Cl)c2)c1. The molecule has 0 aromatic heterocycles. The molecule has 3 N–H and O–H groups in total. The van der Waals surface area contributed by atoms with Gasteiger partial charge in [0.25, 0.3) is 5.91 Å². The molecule has 0 fully saturated rings. The van der Waals surface area contributed by atoms with Crippen LogP contribution in [0, 0.1) is 0 Å². The topological polar surface area (TPSA) is 87.3 Å². The fourth-order valence-corrected chi connectivity index (χ4v) is 4.12. The van der Waals surface area contributed by atoms with Crippen LogP contribution in [0.5, 0.6) is 0 Å². The summed E-state index contributed by atoms with van der Waals surface area (Å²) in [5.41, 5.74) is 2.32. The van der Waals surface area contributed by atoms with Gasteiger partial charge in [0.2, 0.25) is 10.0 Å². The van der Waals surface area contributed by atoms with Crippen LogP contribution in [0.1, 0.15) is 28.9 Å². The molecule has 6 nitrogen and oxygen atoms in total. The van der Waals surface area contributed by atoms with E-state index in [4.69, 9.17) is 23.2 Å². The van der Waals surface area contributed by atoms with Crippen LogP contribution in [0.3, 0.4) is 0 Å². The van der Waals surface area contributed by atoms with Crippen molar-refractivity contribution in [2.45, 2.75) is 17.9 Å². The Morgan fingerprint density at radius 3 is 2.29 bits per heavy atom. The predicted molar refractivity (Wildman–Crippen MR) is 126 cm³/mol. The van der Waals surface area contributed by atoms with Gasteiger partial charge in [0, 0.05) is 11.7 Å². The van der Waals surface area contributed by atoms with E-state index in [0.29, 0.717) is 10.7 Å². The number of amides is 1. The molecule has 0 bridgehead atoms. The van der Waals surface area contributed by atoms with Gasteiger partial charge in [-0.3, -0.25) is 4.79 Å². The minimum absolute atomic E-state index is 0.0361. The highest BCUT2D eigenvalue weighted by Crippen LogP contribution is 2.30. The Balaban J connectivity index is 1.77. The summed E-state index contributed by atoms with van der Waals surface area (Å²) in [5.74, 6) is -0.549. The van der Waals surface area contributed by atoms with Gasteiger partial charge in [-0.2, -0.15) is 0 Å². The maximum Gasteiger partial charge on any atom is 0.257 e. The van der Waals surface area contributed by atoms with Gasteiger partial charge in [0.05, 0.1) is 26.2 Å². The Labute approximate surface area is 191 Å². The number of anilines is 2. The number of nitrogens with one attached hydrogen (secondary N) is 3. The number of hydrogen-bond donors (Lipinski definition) is 3. The summed E-state index contributed by atoms with van der Waals surface area (Å²) in [7, 11) is -2.42. The Morgan fingerprint density at radius 1 is 0.935 bits per heavy atom. The zero-order valence-corrected chi connectivity index (χ0v) is 19.1. The van der Waals surface area contributed by atoms with Crippen molar-refractivity contribution in [3.05, 3.63) is 87.9 Å². The van der Waals surface area contributed by atoms with Crippen LogP contribution in [0.2, 0.25) is 10.0 Å². The summed E-state index contributed by atoms with van der Waals surface area (Å²) in [5, 5.41) is 6.60. The Hall–Kier alpha value is -2.58. The number of hydrogen-bond acceptors (Lipinski definition) is 4. The van der Waals surface area contributed by atoms with Crippen molar-refractivity contribution in [2.24, 2.45) is 0 Å². The van der Waals surface area contributed by atoms with E-state index in [-0.39, 0.29) is 21.5 Å². The van der Waals surface area contributed by atoms with Crippen LogP contribution in [0.25, 0.3) is 0 Å². The molecule has 0 saturated heterocycles. The van der Waals surface area contributed by atoms with Crippen molar-refractivity contribution in [3.8, 4) is 0 Å². The number of benzene rings is 3. The maximum atomic E-state index is 12.7. The third-order valence-corrected chi connectivity index (χ3v) is 6.71. The van der Waals surface area contributed by atoms with E-state index < -0.39 is 15.9 Å². The molecule has 31 heavy (non-hydrogen) atoms. The second-order valence-corrected chi connectivity index (χ2v) is 9.48. The van der Waals surface area contributed by atoms with Gasteiger partial charge < -0.3 is 10.6 Å². The first-order valence-corrected chi connectivity index (χ1v) is 11.6. The third kappa shape index (κ3) is 5.57. The second-order valence-electron chi connectivity index (χ2n) is 6.77. The highest BCUT2D eigenvalue weighted by atomic mass is 35.5. The molecular formula is C22H21Cl2N3O3S. The fourth-order valence-electron chi connectivity index (χ4n) is 2.93. The van der Waals surface area contributed by atoms with Gasteiger partial charge in [0.1, 0.15) is 0 Å². The molecule has 1 amide bonds. The molecular weight excluding hydrogens is 457 g/mol. The van der Waals surface area contributed by atoms with Gasteiger partial charge in [-0.1, -0.05) is 53.5 Å². The van der Waals surface area contributed by atoms with E-state index in [2.05, 4.69) is 15.4 Å². The van der Waals surface area contributed by atoms with Gasteiger partial charge in [0.15, 0.2) is 0 Å². The summed E-state index contributed by atoms with van der Waals surface area (Å²) >= 11 is 12.5. The van der Waals surface area contributed by atoms with Crippen molar-refractivity contribution >= 4 is 50.5 Å². The van der Waals surface area contributed by atoms with Crippen molar-refractivity contribution in [2.75, 3.05) is 17.7 Å². The summed E-state index contributed by atoms with van der Waals surface area (Å²) in [4.78, 5) is 12.6. The van der Waals surface area contributed by atoms with Crippen molar-refractivity contribution in [3.63, 3.8) is 0 Å². The molecule has 3 aromatic carbocycles. The first-order chi connectivity index (χ1) is 14.7. The van der Waals surface area contributed by atoms with Gasteiger partial charge >= 0.3 is 0 Å². The summed E-state index contributed by atoms with van der Waals surface area (Å²) in [6.07, 6.45) is 0. The van der Waals surface area contributed by atoms with Gasteiger partial charge in [-0.05, 0) is 55.9 Å². The standard InChI is InChI=1S/C22H21Cl2N3O3S/c1-14(15-6-4-3-5-7-15)26-21-11-8-16(12-20(21)24)27-22(28)18-13-17(9-10-19(18)23)31(29,30)25-2/h3-14,25-26H,1-2H3,(H,27,28). The highest BCUT2D eigenvalue weighted by molar-refractivity contribution is 7.89. The van der Waals surface area contributed by atoms with Crippen molar-refractivity contribution in [1.82, 2.24) is 4.72 Å². The van der Waals surface area contributed by atoms with Gasteiger partial charge in [-0.15, -0.1) is 0 Å². The van der Waals surface area contributed by atoms with E-state index in [1.54, 1.807) is 18.2 Å². The average Bonchev–Trinajstić information content (AvgIpc) is 2.76.